The van der Waals surface area contributed by atoms with E-state index >= 15 is 0 Å². The van der Waals surface area contributed by atoms with Crippen LogP contribution >= 0.6 is 11.6 Å². The molecular formula is C21H29ClN2O3. The van der Waals surface area contributed by atoms with Crippen molar-refractivity contribution in [1.82, 2.24) is 4.90 Å². The fourth-order valence-corrected chi connectivity index (χ4v) is 4.40. The van der Waals surface area contributed by atoms with Crippen LogP contribution in [0.1, 0.15) is 51.4 Å². The summed E-state index contributed by atoms with van der Waals surface area (Å²) < 4.78 is 5.13. The lowest BCUT2D eigenvalue weighted by Crippen LogP contribution is -2.39. The minimum absolute atomic E-state index is 0.0110. The first kappa shape index (κ1) is 20.0. The fourth-order valence-electron chi connectivity index (χ4n) is 4.14. The minimum atomic E-state index is -0.0425. The quantitative estimate of drug-likeness (QED) is 0.820. The molecule has 0 bridgehead atoms. The molecule has 1 aliphatic carbocycles. The van der Waals surface area contributed by atoms with Crippen LogP contribution in [0.4, 0.5) is 5.69 Å². The lowest BCUT2D eigenvalue weighted by atomic mass is 9.81. The fraction of sp³-hybridized carbons (Fsp3) is 0.619. The molecule has 148 valence electrons. The molecule has 2 fully saturated rings. The summed E-state index contributed by atoms with van der Waals surface area (Å²) in [4.78, 5) is 27.4. The SMILES string of the molecule is COc1ccc(NC(=O)C2CCC(C(=O)N3CCCCCC3)CC2)cc1Cl. The van der Waals surface area contributed by atoms with Crippen molar-refractivity contribution in [2.45, 2.75) is 51.4 Å². The van der Waals surface area contributed by atoms with E-state index in [0.717, 1.165) is 51.6 Å². The van der Waals surface area contributed by atoms with Crippen LogP contribution < -0.4 is 10.1 Å². The number of nitrogens with zero attached hydrogens (tertiary/aromatic N) is 1. The number of carbonyl (C=O) groups excluding carboxylic acids is 2. The second kappa shape index (κ2) is 9.45. The minimum Gasteiger partial charge on any atom is -0.495 e. The molecule has 1 saturated heterocycles. The first-order chi connectivity index (χ1) is 13.1. The molecule has 0 radical (unpaired) electrons. The van der Waals surface area contributed by atoms with Gasteiger partial charge in [-0.15, -0.1) is 0 Å². The van der Waals surface area contributed by atoms with E-state index in [0.29, 0.717) is 22.4 Å². The Morgan fingerprint density at radius 3 is 2.26 bits per heavy atom. The van der Waals surface area contributed by atoms with Gasteiger partial charge in [-0.25, -0.2) is 0 Å². The van der Waals surface area contributed by atoms with Crippen molar-refractivity contribution in [3.05, 3.63) is 23.2 Å². The third kappa shape index (κ3) is 5.16. The smallest absolute Gasteiger partial charge is 0.227 e. The van der Waals surface area contributed by atoms with Crippen molar-refractivity contribution in [3.63, 3.8) is 0 Å². The van der Waals surface area contributed by atoms with Crippen molar-refractivity contribution in [1.29, 1.82) is 0 Å². The number of carbonyl (C=O) groups is 2. The number of rotatable bonds is 4. The van der Waals surface area contributed by atoms with Crippen molar-refractivity contribution in [2.75, 3.05) is 25.5 Å². The van der Waals surface area contributed by atoms with Crippen LogP contribution in [0.15, 0.2) is 18.2 Å². The second-order valence-electron chi connectivity index (χ2n) is 7.63. The van der Waals surface area contributed by atoms with Crippen molar-refractivity contribution >= 4 is 29.1 Å². The van der Waals surface area contributed by atoms with Crippen LogP contribution in [0.2, 0.25) is 5.02 Å². The number of anilines is 1. The molecule has 2 aliphatic rings. The van der Waals surface area contributed by atoms with Gasteiger partial charge in [-0.3, -0.25) is 9.59 Å². The summed E-state index contributed by atoms with van der Waals surface area (Å²) in [5.41, 5.74) is 0.675. The summed E-state index contributed by atoms with van der Waals surface area (Å²) in [5.74, 6) is 0.943. The number of hydrogen-bond donors (Lipinski definition) is 1. The predicted molar refractivity (Wildman–Crippen MR) is 107 cm³/mol. The molecule has 1 saturated carbocycles. The molecule has 1 heterocycles. The molecule has 6 heteroatoms. The van der Waals surface area contributed by atoms with Crippen LogP contribution in [0.3, 0.4) is 0 Å². The van der Waals surface area contributed by atoms with E-state index in [2.05, 4.69) is 10.2 Å². The topological polar surface area (TPSA) is 58.6 Å². The molecule has 1 aliphatic heterocycles. The number of amides is 2. The molecule has 1 aromatic rings. The zero-order valence-electron chi connectivity index (χ0n) is 16.0. The van der Waals surface area contributed by atoms with Gasteiger partial charge in [0.1, 0.15) is 5.75 Å². The number of ether oxygens (including phenoxy) is 1. The van der Waals surface area contributed by atoms with Gasteiger partial charge in [0.25, 0.3) is 0 Å². The predicted octanol–water partition coefficient (Wildman–Crippen LogP) is 4.50. The first-order valence-electron chi connectivity index (χ1n) is 10.0. The van der Waals surface area contributed by atoms with Gasteiger partial charge in [0.15, 0.2) is 0 Å². The average Bonchev–Trinajstić information content (AvgIpc) is 2.97. The lowest BCUT2D eigenvalue weighted by molar-refractivity contribution is -0.137. The molecule has 3 rings (SSSR count). The number of methoxy groups -OCH3 is 1. The maximum Gasteiger partial charge on any atom is 0.227 e. The summed E-state index contributed by atoms with van der Waals surface area (Å²) in [6.45, 7) is 1.80. The van der Waals surface area contributed by atoms with Gasteiger partial charge in [0.05, 0.1) is 12.1 Å². The summed E-state index contributed by atoms with van der Waals surface area (Å²) >= 11 is 6.12. The average molecular weight is 393 g/mol. The zero-order chi connectivity index (χ0) is 19.2. The highest BCUT2D eigenvalue weighted by Crippen LogP contribution is 2.32. The molecule has 5 nitrogen and oxygen atoms in total. The van der Waals surface area contributed by atoms with Gasteiger partial charge in [0.2, 0.25) is 11.8 Å². The van der Waals surface area contributed by atoms with Crippen LogP contribution in [0.5, 0.6) is 5.75 Å². The van der Waals surface area contributed by atoms with Crippen molar-refractivity contribution in [3.8, 4) is 5.75 Å². The van der Waals surface area contributed by atoms with Gasteiger partial charge in [-0.05, 0) is 56.7 Å². The Morgan fingerprint density at radius 2 is 1.67 bits per heavy atom. The van der Waals surface area contributed by atoms with Crippen LogP contribution in [-0.2, 0) is 9.59 Å². The lowest BCUT2D eigenvalue weighted by Gasteiger charge is -2.31. The van der Waals surface area contributed by atoms with Crippen LogP contribution in [0, 0.1) is 11.8 Å². The number of benzene rings is 1. The Kier molecular flexibility index (Phi) is 7.00. The second-order valence-corrected chi connectivity index (χ2v) is 8.03. The van der Waals surface area contributed by atoms with E-state index in [4.69, 9.17) is 16.3 Å². The van der Waals surface area contributed by atoms with Gasteiger partial charge in [-0.2, -0.15) is 0 Å². The normalized spacial score (nSPS) is 23.4. The summed E-state index contributed by atoms with van der Waals surface area (Å²) in [7, 11) is 1.56. The molecule has 27 heavy (non-hydrogen) atoms. The van der Waals surface area contributed by atoms with E-state index in [1.54, 1.807) is 25.3 Å². The zero-order valence-corrected chi connectivity index (χ0v) is 16.8. The van der Waals surface area contributed by atoms with Crippen molar-refractivity contribution < 1.29 is 14.3 Å². The number of halogens is 1. The van der Waals surface area contributed by atoms with E-state index in [9.17, 15) is 9.59 Å². The molecular weight excluding hydrogens is 364 g/mol. The standard InChI is InChI=1S/C21H29ClN2O3/c1-27-19-11-10-17(14-18(19)22)23-20(25)15-6-8-16(9-7-15)21(26)24-12-4-2-3-5-13-24/h10-11,14-16H,2-9,12-13H2,1H3,(H,23,25). The highest BCUT2D eigenvalue weighted by molar-refractivity contribution is 6.32. The Labute approximate surface area is 166 Å². The highest BCUT2D eigenvalue weighted by Gasteiger charge is 2.32. The Hall–Kier alpha value is -1.75. The number of hydrogen-bond acceptors (Lipinski definition) is 3. The molecule has 0 aromatic heterocycles. The van der Waals surface area contributed by atoms with E-state index < -0.39 is 0 Å². The summed E-state index contributed by atoms with van der Waals surface area (Å²) in [5, 5.41) is 3.42. The van der Waals surface area contributed by atoms with E-state index in [1.807, 2.05) is 0 Å². The largest absolute Gasteiger partial charge is 0.495 e. The molecule has 2 amide bonds. The molecule has 0 spiro atoms. The molecule has 1 N–H and O–H groups in total. The monoisotopic (exact) mass is 392 g/mol. The molecule has 0 atom stereocenters. The third-order valence-electron chi connectivity index (χ3n) is 5.78. The summed E-state index contributed by atoms with van der Waals surface area (Å²) in [6, 6.07) is 5.23. The Bertz CT molecular complexity index is 663. The van der Waals surface area contributed by atoms with E-state index in [-0.39, 0.29) is 17.7 Å². The molecule has 0 unspecified atom stereocenters. The van der Waals surface area contributed by atoms with Crippen LogP contribution in [0.25, 0.3) is 0 Å². The molecule has 1 aromatic carbocycles. The maximum absolute atomic E-state index is 12.8. The van der Waals surface area contributed by atoms with Gasteiger partial charge < -0.3 is 15.0 Å². The van der Waals surface area contributed by atoms with Crippen molar-refractivity contribution in [2.24, 2.45) is 11.8 Å². The Balaban J connectivity index is 1.50. The number of likely N-dealkylation sites (tertiary alicyclic amines) is 1. The van der Waals surface area contributed by atoms with Gasteiger partial charge in [0, 0.05) is 30.6 Å². The first-order valence-corrected chi connectivity index (χ1v) is 10.4. The highest BCUT2D eigenvalue weighted by atomic mass is 35.5. The third-order valence-corrected chi connectivity index (χ3v) is 6.08. The number of nitrogens with one attached hydrogen (secondary N) is 1. The van der Waals surface area contributed by atoms with E-state index in [1.165, 1.54) is 12.8 Å². The van der Waals surface area contributed by atoms with Gasteiger partial charge in [-0.1, -0.05) is 24.4 Å². The van der Waals surface area contributed by atoms with Gasteiger partial charge >= 0.3 is 0 Å². The summed E-state index contributed by atoms with van der Waals surface area (Å²) in [6.07, 6.45) is 7.83. The Morgan fingerprint density at radius 1 is 1.04 bits per heavy atom. The maximum atomic E-state index is 12.8. The van der Waals surface area contributed by atoms with Crippen LogP contribution in [-0.4, -0.2) is 36.9 Å².